The number of rotatable bonds is 2. The molecule has 2 aromatic rings. The van der Waals surface area contributed by atoms with E-state index in [1.54, 1.807) is 5.38 Å². The van der Waals surface area contributed by atoms with Gasteiger partial charge >= 0.3 is 6.18 Å². The number of aliphatic hydroxyl groups is 1. The fourth-order valence-corrected chi connectivity index (χ4v) is 3.37. The summed E-state index contributed by atoms with van der Waals surface area (Å²) in [5.74, 6) is -0.468. The maximum Gasteiger partial charge on any atom is 0.416 e. The van der Waals surface area contributed by atoms with E-state index in [9.17, 15) is 23.1 Å². The molecule has 0 radical (unpaired) electrons. The number of hydrogen-bond donors (Lipinski definition) is 1. The molecule has 0 unspecified atom stereocenters. The summed E-state index contributed by atoms with van der Waals surface area (Å²) < 4.78 is 39.7. The number of halogens is 3. The molecule has 122 valence electrons. The van der Waals surface area contributed by atoms with Crippen molar-refractivity contribution in [2.75, 3.05) is 6.54 Å². The number of amides is 1. The smallest absolute Gasteiger partial charge is 0.391 e. The molecule has 1 fully saturated rings. The minimum Gasteiger partial charge on any atom is -0.391 e. The summed E-state index contributed by atoms with van der Waals surface area (Å²) in [5, 5.41) is 11.4. The number of β-amino-alcohol motifs (C(OH)–C–C–N with tert-alkyl or cyclic N) is 1. The summed E-state index contributed by atoms with van der Waals surface area (Å²) in [7, 11) is 0. The lowest BCUT2D eigenvalue weighted by Gasteiger charge is -2.26. The molecule has 0 aliphatic carbocycles. The number of likely N-dealkylation sites (tertiary alicyclic amines) is 1. The second-order valence-electron chi connectivity index (χ2n) is 5.32. The third-order valence-electron chi connectivity index (χ3n) is 3.82. The van der Waals surface area contributed by atoms with Crippen molar-refractivity contribution in [1.29, 1.82) is 0 Å². The maximum absolute atomic E-state index is 13.2. The molecule has 1 N–H and O–H groups in total. The second kappa shape index (κ2) is 5.93. The van der Waals surface area contributed by atoms with Crippen LogP contribution in [0.2, 0.25) is 0 Å². The molecule has 4 nitrogen and oxygen atoms in total. The molecule has 1 aliphatic heterocycles. The number of nitrogens with zero attached hydrogens (tertiary/aromatic N) is 2. The highest BCUT2D eigenvalue weighted by molar-refractivity contribution is 7.07. The predicted octanol–water partition coefficient (Wildman–Crippen LogP) is 3.11. The molecule has 8 heteroatoms. The number of thiazole rings is 1. The van der Waals surface area contributed by atoms with Gasteiger partial charge in [0.2, 0.25) is 0 Å². The second-order valence-corrected chi connectivity index (χ2v) is 6.04. The molecule has 1 amide bonds. The lowest BCUT2D eigenvalue weighted by molar-refractivity contribution is -0.138. The van der Waals surface area contributed by atoms with E-state index in [4.69, 9.17) is 0 Å². The van der Waals surface area contributed by atoms with Gasteiger partial charge in [0.25, 0.3) is 5.91 Å². The molecule has 2 heterocycles. The van der Waals surface area contributed by atoms with Crippen LogP contribution in [0.3, 0.4) is 0 Å². The van der Waals surface area contributed by atoms with Crippen molar-refractivity contribution in [3.8, 4) is 0 Å². The molecule has 1 aromatic heterocycles. The van der Waals surface area contributed by atoms with Crippen LogP contribution < -0.4 is 0 Å². The predicted molar refractivity (Wildman–Crippen MR) is 78.0 cm³/mol. The number of carbonyl (C=O) groups excluding carboxylic acids is 1. The van der Waals surface area contributed by atoms with Crippen LogP contribution in [-0.4, -0.2) is 33.5 Å². The Kier molecular flexibility index (Phi) is 4.11. The number of hydrogen-bond acceptors (Lipinski definition) is 4. The molecule has 1 aliphatic rings. The highest BCUT2D eigenvalue weighted by Crippen LogP contribution is 2.40. The summed E-state index contributed by atoms with van der Waals surface area (Å²) in [4.78, 5) is 17.7. The van der Waals surface area contributed by atoms with Gasteiger partial charge in [-0.25, -0.2) is 4.98 Å². The van der Waals surface area contributed by atoms with Crippen molar-refractivity contribution in [2.45, 2.75) is 24.7 Å². The number of alkyl halides is 3. The first-order valence-corrected chi connectivity index (χ1v) is 7.85. The molecule has 3 rings (SSSR count). The Hall–Kier alpha value is -1.93. The van der Waals surface area contributed by atoms with Gasteiger partial charge in [-0.05, 0) is 18.1 Å². The molecule has 0 bridgehead atoms. The lowest BCUT2D eigenvalue weighted by atomic mass is 9.97. The fraction of sp³-hybridized carbons (Fsp3) is 0.333. The van der Waals surface area contributed by atoms with Gasteiger partial charge in [0.15, 0.2) is 0 Å². The Bertz CT molecular complexity index is 703. The SMILES string of the molecule is O=C(c1cscn1)N1C[C@H](O)C[C@@H]1c1ccccc1C(F)(F)F. The Labute approximate surface area is 134 Å². The van der Waals surface area contributed by atoms with Gasteiger partial charge in [0, 0.05) is 11.9 Å². The number of aliphatic hydroxyl groups excluding tert-OH is 1. The third kappa shape index (κ3) is 3.09. The van der Waals surface area contributed by atoms with Crippen LogP contribution in [0.4, 0.5) is 13.2 Å². The summed E-state index contributed by atoms with van der Waals surface area (Å²) in [6.07, 6.45) is -5.30. The van der Waals surface area contributed by atoms with E-state index in [-0.39, 0.29) is 24.2 Å². The summed E-state index contributed by atoms with van der Waals surface area (Å²) in [6, 6.07) is 4.33. The zero-order valence-electron chi connectivity index (χ0n) is 11.8. The maximum atomic E-state index is 13.2. The van der Waals surface area contributed by atoms with E-state index in [2.05, 4.69) is 4.98 Å². The minimum absolute atomic E-state index is 0.000120. The van der Waals surface area contributed by atoms with Crippen LogP contribution in [0.25, 0.3) is 0 Å². The Morgan fingerprint density at radius 1 is 1.35 bits per heavy atom. The molecule has 23 heavy (non-hydrogen) atoms. The average molecular weight is 342 g/mol. The molecular weight excluding hydrogens is 329 g/mol. The van der Waals surface area contributed by atoms with Crippen LogP contribution in [-0.2, 0) is 6.18 Å². The van der Waals surface area contributed by atoms with Crippen molar-refractivity contribution >= 4 is 17.2 Å². The average Bonchev–Trinajstić information content (AvgIpc) is 3.15. The van der Waals surface area contributed by atoms with E-state index >= 15 is 0 Å². The third-order valence-corrected chi connectivity index (χ3v) is 4.40. The van der Waals surface area contributed by atoms with E-state index in [1.165, 1.54) is 39.9 Å². The summed E-state index contributed by atoms with van der Waals surface area (Å²) in [6.45, 7) is -0.00673. The monoisotopic (exact) mass is 342 g/mol. The molecule has 0 spiro atoms. The van der Waals surface area contributed by atoms with Gasteiger partial charge in [-0.2, -0.15) is 13.2 Å². The first-order chi connectivity index (χ1) is 10.9. The van der Waals surface area contributed by atoms with E-state index in [0.717, 1.165) is 6.07 Å². The lowest BCUT2D eigenvalue weighted by Crippen LogP contribution is -2.32. The fourth-order valence-electron chi connectivity index (χ4n) is 2.84. The first kappa shape index (κ1) is 15.9. The van der Waals surface area contributed by atoms with Crippen LogP contribution >= 0.6 is 11.3 Å². The zero-order chi connectivity index (χ0) is 16.6. The van der Waals surface area contributed by atoms with E-state index in [1.807, 2.05) is 0 Å². The Balaban J connectivity index is 2.00. The van der Waals surface area contributed by atoms with Gasteiger partial charge in [-0.3, -0.25) is 4.79 Å². The quantitative estimate of drug-likeness (QED) is 0.912. The van der Waals surface area contributed by atoms with Gasteiger partial charge in [0.1, 0.15) is 5.69 Å². The van der Waals surface area contributed by atoms with Gasteiger partial charge < -0.3 is 10.0 Å². The Morgan fingerprint density at radius 3 is 2.74 bits per heavy atom. The van der Waals surface area contributed by atoms with Gasteiger partial charge in [-0.1, -0.05) is 18.2 Å². The van der Waals surface area contributed by atoms with Crippen molar-refractivity contribution in [2.24, 2.45) is 0 Å². The van der Waals surface area contributed by atoms with Crippen LogP contribution in [0.5, 0.6) is 0 Å². The normalized spacial score (nSPS) is 21.7. The van der Waals surface area contributed by atoms with Crippen molar-refractivity contribution in [3.05, 3.63) is 52.0 Å². The zero-order valence-corrected chi connectivity index (χ0v) is 12.6. The number of aromatic nitrogens is 1. The molecule has 1 aromatic carbocycles. The standard InChI is InChI=1S/C15H13F3N2O2S/c16-15(17,18)11-4-2-1-3-10(11)13-5-9(21)6-20(13)14(22)12-7-23-8-19-12/h1-4,7-9,13,21H,5-6H2/t9-,13-/m1/s1. The molecule has 1 saturated heterocycles. The van der Waals surface area contributed by atoms with E-state index < -0.39 is 29.8 Å². The molecule has 2 atom stereocenters. The minimum atomic E-state index is -4.51. The Morgan fingerprint density at radius 2 is 2.09 bits per heavy atom. The van der Waals surface area contributed by atoms with E-state index in [0.29, 0.717) is 0 Å². The van der Waals surface area contributed by atoms with Crippen molar-refractivity contribution < 1.29 is 23.1 Å². The van der Waals surface area contributed by atoms with Crippen molar-refractivity contribution in [1.82, 2.24) is 9.88 Å². The van der Waals surface area contributed by atoms with Crippen LogP contribution in [0.15, 0.2) is 35.2 Å². The largest absolute Gasteiger partial charge is 0.416 e. The summed E-state index contributed by atoms with van der Waals surface area (Å²) >= 11 is 1.23. The van der Waals surface area contributed by atoms with Crippen LogP contribution in [0, 0.1) is 0 Å². The highest BCUT2D eigenvalue weighted by atomic mass is 32.1. The number of carbonyl (C=O) groups is 1. The van der Waals surface area contributed by atoms with Crippen molar-refractivity contribution in [3.63, 3.8) is 0 Å². The highest BCUT2D eigenvalue weighted by Gasteiger charge is 2.41. The number of benzene rings is 1. The molecule has 0 saturated carbocycles. The van der Waals surface area contributed by atoms with Gasteiger partial charge in [0.05, 0.1) is 23.2 Å². The summed E-state index contributed by atoms with van der Waals surface area (Å²) in [5.41, 5.74) is 0.882. The topological polar surface area (TPSA) is 53.4 Å². The molecular formula is C15H13F3N2O2S. The first-order valence-electron chi connectivity index (χ1n) is 6.91. The van der Waals surface area contributed by atoms with Gasteiger partial charge in [-0.15, -0.1) is 11.3 Å². The van der Waals surface area contributed by atoms with Crippen LogP contribution in [0.1, 0.15) is 34.1 Å².